The highest BCUT2D eigenvalue weighted by atomic mass is 35.5. The van der Waals surface area contributed by atoms with Crippen molar-refractivity contribution in [1.29, 1.82) is 5.26 Å². The maximum Gasteiger partial charge on any atom is 0.237 e. The lowest BCUT2D eigenvalue weighted by Crippen LogP contribution is -2.22. The van der Waals surface area contributed by atoms with E-state index in [0.717, 1.165) is 0 Å². The monoisotopic (exact) mass is 391 g/mol. The number of anilines is 1. The molecule has 0 aliphatic carbocycles. The Morgan fingerprint density at radius 2 is 2.16 bits per heavy atom. The molecule has 6 nitrogen and oxygen atoms in total. The highest BCUT2D eigenvalue weighted by molar-refractivity contribution is 8.00. The number of nitrogens with one attached hydrogen (secondary N) is 1. The number of thioether (sulfide) groups is 1. The summed E-state index contributed by atoms with van der Waals surface area (Å²) < 4.78 is 1.65. The van der Waals surface area contributed by atoms with E-state index in [9.17, 15) is 4.79 Å². The summed E-state index contributed by atoms with van der Waals surface area (Å²) in [5.74, 6) is -0.218. The van der Waals surface area contributed by atoms with Crippen LogP contribution >= 0.6 is 35.0 Å². The van der Waals surface area contributed by atoms with Crippen LogP contribution in [0.15, 0.2) is 41.7 Å². The minimum absolute atomic E-state index is 0.218. The molecule has 3 rings (SSSR count). The van der Waals surface area contributed by atoms with Crippen LogP contribution in [0.1, 0.15) is 12.5 Å². The van der Waals surface area contributed by atoms with Gasteiger partial charge in [-0.15, -0.1) is 10.2 Å². The van der Waals surface area contributed by atoms with Crippen LogP contribution in [-0.2, 0) is 4.79 Å². The molecule has 0 fully saturated rings. The predicted molar refractivity (Wildman–Crippen MR) is 98.1 cm³/mol. The Hall–Kier alpha value is -2.27. The van der Waals surface area contributed by atoms with Crippen LogP contribution in [0, 0.1) is 11.3 Å². The second kappa shape index (κ2) is 7.31. The van der Waals surface area contributed by atoms with E-state index in [-0.39, 0.29) is 5.91 Å². The van der Waals surface area contributed by atoms with E-state index in [1.807, 2.05) is 6.07 Å². The van der Waals surface area contributed by atoms with Gasteiger partial charge in [-0.25, -0.2) is 0 Å². The predicted octanol–water partition coefficient (Wildman–Crippen LogP) is 4.03. The first-order valence-corrected chi connectivity index (χ1v) is 8.79. The smallest absolute Gasteiger partial charge is 0.237 e. The van der Waals surface area contributed by atoms with Gasteiger partial charge in [0.05, 0.1) is 26.9 Å². The van der Waals surface area contributed by atoms with Gasteiger partial charge in [-0.2, -0.15) is 5.26 Å². The number of benzene rings is 1. The molecule has 0 aliphatic heterocycles. The van der Waals surface area contributed by atoms with Crippen LogP contribution in [0.5, 0.6) is 0 Å². The molecule has 1 aromatic carbocycles. The molecule has 25 heavy (non-hydrogen) atoms. The number of amides is 1. The van der Waals surface area contributed by atoms with Crippen molar-refractivity contribution in [3.63, 3.8) is 0 Å². The van der Waals surface area contributed by atoms with Crippen molar-refractivity contribution in [3.8, 4) is 6.07 Å². The van der Waals surface area contributed by atoms with E-state index in [4.69, 9.17) is 28.5 Å². The zero-order chi connectivity index (χ0) is 18.0. The normalized spacial score (nSPS) is 11.9. The van der Waals surface area contributed by atoms with Gasteiger partial charge in [0, 0.05) is 11.9 Å². The second-order valence-corrected chi connectivity index (χ2v) is 7.28. The third kappa shape index (κ3) is 3.87. The van der Waals surface area contributed by atoms with Crippen molar-refractivity contribution in [2.75, 3.05) is 5.32 Å². The zero-order valence-electron chi connectivity index (χ0n) is 12.9. The van der Waals surface area contributed by atoms with Crippen molar-refractivity contribution in [3.05, 3.63) is 52.1 Å². The van der Waals surface area contributed by atoms with E-state index in [0.29, 0.717) is 32.1 Å². The van der Waals surface area contributed by atoms with Crippen LogP contribution in [0.25, 0.3) is 5.65 Å². The van der Waals surface area contributed by atoms with E-state index in [2.05, 4.69) is 15.5 Å². The van der Waals surface area contributed by atoms with E-state index in [1.54, 1.807) is 47.9 Å². The number of fused-ring (bicyclic) bond motifs is 1. The number of carbonyl (C=O) groups excluding carboxylic acids is 1. The molecule has 1 amide bonds. The number of aromatic nitrogens is 3. The van der Waals surface area contributed by atoms with Crippen molar-refractivity contribution in [2.45, 2.75) is 17.3 Å². The van der Waals surface area contributed by atoms with Crippen molar-refractivity contribution in [2.24, 2.45) is 0 Å². The lowest BCUT2D eigenvalue weighted by Gasteiger charge is -2.11. The molecule has 0 saturated heterocycles. The number of halogens is 2. The van der Waals surface area contributed by atoms with Gasteiger partial charge in [-0.05, 0) is 31.2 Å². The second-order valence-electron chi connectivity index (χ2n) is 5.12. The SMILES string of the molecule is CC(Sc1nnc2c(Cl)cc(Cl)cn12)C(=O)Nc1cccc(C#N)c1. The number of nitriles is 1. The molecule has 1 N–H and O–H groups in total. The topological polar surface area (TPSA) is 83.1 Å². The molecular formula is C16H11Cl2N5OS. The molecular weight excluding hydrogens is 381 g/mol. The molecule has 0 saturated carbocycles. The van der Waals surface area contributed by atoms with Crippen LogP contribution in [-0.4, -0.2) is 25.8 Å². The average molecular weight is 392 g/mol. The third-order valence-electron chi connectivity index (χ3n) is 3.31. The number of nitrogens with zero attached hydrogens (tertiary/aromatic N) is 4. The van der Waals surface area contributed by atoms with E-state index < -0.39 is 5.25 Å². The van der Waals surface area contributed by atoms with Gasteiger partial charge in [-0.3, -0.25) is 9.20 Å². The van der Waals surface area contributed by atoms with Gasteiger partial charge in [-0.1, -0.05) is 41.0 Å². The molecule has 3 aromatic rings. The molecule has 0 bridgehead atoms. The fourth-order valence-electron chi connectivity index (χ4n) is 2.10. The number of rotatable bonds is 4. The fraction of sp³-hybridized carbons (Fsp3) is 0.125. The molecule has 0 aliphatic rings. The molecule has 2 heterocycles. The van der Waals surface area contributed by atoms with Crippen molar-refractivity contribution in [1.82, 2.24) is 14.6 Å². The summed E-state index contributed by atoms with van der Waals surface area (Å²) in [4.78, 5) is 12.4. The van der Waals surface area contributed by atoms with Crippen LogP contribution in [0.3, 0.4) is 0 Å². The van der Waals surface area contributed by atoms with E-state index >= 15 is 0 Å². The first-order valence-electron chi connectivity index (χ1n) is 7.15. The lowest BCUT2D eigenvalue weighted by atomic mass is 10.2. The largest absolute Gasteiger partial charge is 0.325 e. The van der Waals surface area contributed by atoms with Gasteiger partial charge in [0.2, 0.25) is 5.91 Å². The van der Waals surface area contributed by atoms with Crippen LogP contribution in [0.2, 0.25) is 10.0 Å². The maximum atomic E-state index is 12.4. The Kier molecular flexibility index (Phi) is 5.13. The maximum absolute atomic E-state index is 12.4. The van der Waals surface area contributed by atoms with Gasteiger partial charge in [0.25, 0.3) is 0 Å². The lowest BCUT2D eigenvalue weighted by molar-refractivity contribution is -0.115. The van der Waals surface area contributed by atoms with E-state index in [1.165, 1.54) is 11.8 Å². The summed E-state index contributed by atoms with van der Waals surface area (Å²) in [6, 6.07) is 10.3. The number of carbonyl (C=O) groups is 1. The summed E-state index contributed by atoms with van der Waals surface area (Å²) >= 11 is 13.3. The minimum atomic E-state index is -0.448. The van der Waals surface area contributed by atoms with Crippen LogP contribution < -0.4 is 5.32 Å². The molecule has 1 atom stereocenters. The summed E-state index contributed by atoms with van der Waals surface area (Å²) in [7, 11) is 0. The molecule has 0 radical (unpaired) electrons. The Labute approximate surface area is 157 Å². The molecule has 9 heteroatoms. The highest BCUT2D eigenvalue weighted by Gasteiger charge is 2.19. The summed E-state index contributed by atoms with van der Waals surface area (Å²) in [5, 5.41) is 20.7. The molecule has 126 valence electrons. The van der Waals surface area contributed by atoms with Crippen molar-refractivity contribution >= 4 is 52.2 Å². The minimum Gasteiger partial charge on any atom is -0.325 e. The molecule has 2 aromatic heterocycles. The Bertz CT molecular complexity index is 998. The highest BCUT2D eigenvalue weighted by Crippen LogP contribution is 2.28. The fourth-order valence-corrected chi connectivity index (χ4v) is 3.44. The number of hydrogen-bond acceptors (Lipinski definition) is 5. The van der Waals surface area contributed by atoms with Gasteiger partial charge in [0.1, 0.15) is 0 Å². The van der Waals surface area contributed by atoms with Gasteiger partial charge >= 0.3 is 0 Å². The first-order chi connectivity index (χ1) is 12.0. The Morgan fingerprint density at radius 3 is 2.92 bits per heavy atom. The number of hydrogen-bond donors (Lipinski definition) is 1. The summed E-state index contributed by atoms with van der Waals surface area (Å²) in [6.07, 6.45) is 1.64. The quantitative estimate of drug-likeness (QED) is 0.678. The number of pyridine rings is 1. The summed E-state index contributed by atoms with van der Waals surface area (Å²) in [6.45, 7) is 1.75. The molecule has 1 unspecified atom stereocenters. The van der Waals surface area contributed by atoms with Gasteiger partial charge < -0.3 is 5.32 Å². The molecule has 0 spiro atoms. The summed E-state index contributed by atoms with van der Waals surface area (Å²) in [5.41, 5.74) is 1.52. The Morgan fingerprint density at radius 1 is 1.36 bits per heavy atom. The van der Waals surface area contributed by atoms with Gasteiger partial charge in [0.15, 0.2) is 10.8 Å². The van der Waals surface area contributed by atoms with Crippen molar-refractivity contribution < 1.29 is 4.79 Å². The average Bonchev–Trinajstić information content (AvgIpc) is 2.98. The van der Waals surface area contributed by atoms with Crippen LogP contribution in [0.4, 0.5) is 5.69 Å². The standard InChI is InChI=1S/C16H11Cl2N5OS/c1-9(15(24)20-12-4-2-3-10(5-12)7-19)25-16-22-21-14-13(18)6-11(17)8-23(14)16/h2-6,8-9H,1H3,(H,20,24). The Balaban J connectivity index is 1.77. The first kappa shape index (κ1) is 17.5. The third-order valence-corrected chi connectivity index (χ3v) is 4.85. The zero-order valence-corrected chi connectivity index (χ0v) is 15.2.